The Hall–Kier alpha value is -2.18. The molecule has 2 aromatic carbocycles. The van der Waals surface area contributed by atoms with Crippen LogP contribution in [0.4, 0.5) is 11.4 Å². The fourth-order valence-electron chi connectivity index (χ4n) is 3.68. The Morgan fingerprint density at radius 1 is 1.00 bits per heavy atom. The second-order valence-corrected chi connectivity index (χ2v) is 9.55. The number of hydrogen-bond acceptors (Lipinski definition) is 5. The van der Waals surface area contributed by atoms with Crippen LogP contribution in [0, 0.1) is 13.8 Å². The van der Waals surface area contributed by atoms with Gasteiger partial charge >= 0.3 is 0 Å². The van der Waals surface area contributed by atoms with E-state index in [0.717, 1.165) is 45.7 Å². The highest BCUT2D eigenvalue weighted by Crippen LogP contribution is 2.50. The van der Waals surface area contributed by atoms with E-state index in [0.29, 0.717) is 6.54 Å². The fourth-order valence-corrected chi connectivity index (χ4v) is 6.09. The van der Waals surface area contributed by atoms with Gasteiger partial charge in [-0.1, -0.05) is 54.9 Å². The van der Waals surface area contributed by atoms with Crippen LogP contribution in [-0.2, 0) is 4.79 Å². The van der Waals surface area contributed by atoms with Crippen LogP contribution in [0.5, 0.6) is 0 Å². The summed E-state index contributed by atoms with van der Waals surface area (Å²) in [7, 11) is 0. The summed E-state index contributed by atoms with van der Waals surface area (Å²) in [5, 5.41) is 1.82. The summed E-state index contributed by atoms with van der Waals surface area (Å²) in [5.41, 5.74) is 4.46. The molecule has 0 saturated carbocycles. The SMILES string of the molecule is CCCCN1C(=O)/C(=C2/Sc3ccccc3N2CC)SC1=Nc1ccc(C)cc1C. The summed E-state index contributed by atoms with van der Waals surface area (Å²) in [6, 6.07) is 14.6. The molecule has 0 aliphatic carbocycles. The van der Waals surface area contributed by atoms with Crippen molar-refractivity contribution in [1.82, 2.24) is 4.90 Å². The zero-order valence-electron chi connectivity index (χ0n) is 17.9. The Morgan fingerprint density at radius 2 is 1.80 bits per heavy atom. The molecular weight excluding hydrogens is 410 g/mol. The maximum Gasteiger partial charge on any atom is 0.269 e. The first-order valence-corrected chi connectivity index (χ1v) is 12.1. The van der Waals surface area contributed by atoms with Crippen molar-refractivity contribution in [2.75, 3.05) is 18.0 Å². The van der Waals surface area contributed by atoms with Crippen LogP contribution in [0.25, 0.3) is 0 Å². The largest absolute Gasteiger partial charge is 0.334 e. The van der Waals surface area contributed by atoms with Crippen molar-refractivity contribution in [3.8, 4) is 0 Å². The third-order valence-corrected chi connectivity index (χ3v) is 7.66. The van der Waals surface area contributed by atoms with Gasteiger partial charge in [0, 0.05) is 18.0 Å². The van der Waals surface area contributed by atoms with Crippen LogP contribution in [0.3, 0.4) is 0 Å². The Labute approximate surface area is 187 Å². The number of fused-ring (bicyclic) bond motifs is 1. The van der Waals surface area contributed by atoms with Crippen LogP contribution < -0.4 is 4.90 Å². The molecule has 2 aliphatic rings. The van der Waals surface area contributed by atoms with Crippen LogP contribution >= 0.6 is 23.5 Å². The predicted molar refractivity (Wildman–Crippen MR) is 130 cm³/mol. The van der Waals surface area contributed by atoms with E-state index in [2.05, 4.69) is 69.0 Å². The molecule has 0 aromatic heterocycles. The summed E-state index contributed by atoms with van der Waals surface area (Å²) in [5.74, 6) is 0.0747. The lowest BCUT2D eigenvalue weighted by Crippen LogP contribution is -2.30. The lowest BCUT2D eigenvalue weighted by Gasteiger charge is -2.19. The topological polar surface area (TPSA) is 35.9 Å². The second-order valence-electron chi connectivity index (χ2n) is 7.55. The molecule has 2 aliphatic heterocycles. The Balaban J connectivity index is 1.75. The van der Waals surface area contributed by atoms with Crippen molar-refractivity contribution in [2.24, 2.45) is 4.99 Å². The summed E-state index contributed by atoms with van der Waals surface area (Å²) >= 11 is 3.21. The van der Waals surface area contributed by atoms with E-state index in [9.17, 15) is 4.79 Å². The number of aryl methyl sites for hydroxylation is 2. The van der Waals surface area contributed by atoms with Gasteiger partial charge in [0.2, 0.25) is 0 Å². The van der Waals surface area contributed by atoms with Gasteiger partial charge < -0.3 is 4.90 Å². The lowest BCUT2D eigenvalue weighted by atomic mass is 10.1. The molecular formula is C24H27N3OS2. The number of unbranched alkanes of at least 4 members (excludes halogenated alkanes) is 1. The molecule has 30 heavy (non-hydrogen) atoms. The fraction of sp³-hybridized carbons (Fsp3) is 0.333. The van der Waals surface area contributed by atoms with Crippen molar-refractivity contribution in [1.29, 1.82) is 0 Å². The number of carbonyl (C=O) groups excluding carboxylic acids is 1. The van der Waals surface area contributed by atoms with Gasteiger partial charge in [0.15, 0.2) is 5.17 Å². The van der Waals surface area contributed by atoms with E-state index in [1.165, 1.54) is 27.9 Å². The number of para-hydroxylation sites is 1. The molecule has 6 heteroatoms. The smallest absolute Gasteiger partial charge is 0.269 e. The number of nitrogens with zero attached hydrogens (tertiary/aromatic N) is 3. The number of amidine groups is 1. The first-order chi connectivity index (χ1) is 14.5. The third kappa shape index (κ3) is 3.91. The van der Waals surface area contributed by atoms with Gasteiger partial charge in [-0.05, 0) is 62.7 Å². The van der Waals surface area contributed by atoms with Gasteiger partial charge in [-0.3, -0.25) is 9.69 Å². The van der Waals surface area contributed by atoms with E-state index in [4.69, 9.17) is 4.99 Å². The second kappa shape index (κ2) is 8.90. The molecule has 0 N–H and O–H groups in total. The van der Waals surface area contributed by atoms with Crippen molar-refractivity contribution < 1.29 is 4.79 Å². The number of hydrogen-bond donors (Lipinski definition) is 0. The molecule has 0 radical (unpaired) electrons. The summed E-state index contributed by atoms with van der Waals surface area (Å²) in [6.45, 7) is 9.97. The Bertz CT molecular complexity index is 1040. The monoisotopic (exact) mass is 437 g/mol. The molecule has 1 saturated heterocycles. The van der Waals surface area contributed by atoms with E-state index in [1.54, 1.807) is 11.8 Å². The van der Waals surface area contributed by atoms with E-state index in [-0.39, 0.29) is 5.91 Å². The van der Waals surface area contributed by atoms with Crippen LogP contribution in [0.15, 0.2) is 62.3 Å². The number of amides is 1. The zero-order chi connectivity index (χ0) is 21.3. The van der Waals surface area contributed by atoms with Gasteiger partial charge in [0.25, 0.3) is 5.91 Å². The molecule has 156 valence electrons. The van der Waals surface area contributed by atoms with Crippen LogP contribution in [-0.4, -0.2) is 29.1 Å². The predicted octanol–water partition coefficient (Wildman–Crippen LogP) is 6.47. The standard InChI is InChI=1S/C24H27N3OS2/c1-5-7-14-27-22(28)21(23-26(6-2)19-10-8-9-11-20(19)29-23)30-24(27)25-18-13-12-16(3)15-17(18)4/h8-13,15H,5-7,14H2,1-4H3/b23-21-,25-24?. The minimum absolute atomic E-state index is 0.0747. The van der Waals surface area contributed by atoms with Gasteiger partial charge in [-0.2, -0.15) is 0 Å². The maximum atomic E-state index is 13.5. The van der Waals surface area contributed by atoms with E-state index in [1.807, 2.05) is 11.0 Å². The Kier molecular flexibility index (Phi) is 6.25. The summed E-state index contributed by atoms with van der Waals surface area (Å²) in [4.78, 5) is 24.5. The molecule has 1 fully saturated rings. The Morgan fingerprint density at radius 3 is 2.53 bits per heavy atom. The van der Waals surface area contributed by atoms with Crippen molar-refractivity contribution in [3.63, 3.8) is 0 Å². The molecule has 2 heterocycles. The number of aliphatic imine (C=N–C) groups is 1. The minimum Gasteiger partial charge on any atom is -0.334 e. The quantitative estimate of drug-likeness (QED) is 0.502. The van der Waals surface area contributed by atoms with Crippen molar-refractivity contribution in [2.45, 2.75) is 45.4 Å². The van der Waals surface area contributed by atoms with Crippen molar-refractivity contribution in [3.05, 3.63) is 63.5 Å². The number of carbonyl (C=O) groups is 1. The van der Waals surface area contributed by atoms with Gasteiger partial charge in [-0.15, -0.1) is 0 Å². The zero-order valence-corrected chi connectivity index (χ0v) is 19.6. The van der Waals surface area contributed by atoms with E-state index >= 15 is 0 Å². The lowest BCUT2D eigenvalue weighted by molar-refractivity contribution is -0.122. The molecule has 1 amide bonds. The molecule has 0 spiro atoms. The highest BCUT2D eigenvalue weighted by Gasteiger charge is 2.39. The maximum absolute atomic E-state index is 13.5. The van der Waals surface area contributed by atoms with Crippen LogP contribution in [0.1, 0.15) is 37.8 Å². The van der Waals surface area contributed by atoms with Crippen molar-refractivity contribution >= 4 is 46.0 Å². The van der Waals surface area contributed by atoms with Gasteiger partial charge in [-0.25, -0.2) is 4.99 Å². The summed E-state index contributed by atoms with van der Waals surface area (Å²) in [6.07, 6.45) is 2.00. The average Bonchev–Trinajstić information content (AvgIpc) is 3.25. The number of benzene rings is 2. The third-order valence-electron chi connectivity index (χ3n) is 5.29. The number of thioether (sulfide) groups is 2. The molecule has 4 rings (SSSR count). The number of anilines is 1. The number of rotatable bonds is 5. The first kappa shape index (κ1) is 21.1. The molecule has 0 unspecified atom stereocenters. The van der Waals surface area contributed by atoms with Gasteiger partial charge in [0.05, 0.1) is 11.4 Å². The van der Waals surface area contributed by atoms with Crippen LogP contribution in [0.2, 0.25) is 0 Å². The molecule has 4 nitrogen and oxygen atoms in total. The molecule has 0 bridgehead atoms. The first-order valence-electron chi connectivity index (χ1n) is 10.5. The van der Waals surface area contributed by atoms with Gasteiger partial charge in [0.1, 0.15) is 9.93 Å². The highest BCUT2D eigenvalue weighted by atomic mass is 32.2. The average molecular weight is 438 g/mol. The summed E-state index contributed by atoms with van der Waals surface area (Å²) < 4.78 is 0. The molecule has 0 atom stereocenters. The molecule has 2 aromatic rings. The van der Waals surface area contributed by atoms with E-state index < -0.39 is 0 Å². The minimum atomic E-state index is 0.0747. The highest BCUT2D eigenvalue weighted by molar-refractivity contribution is 8.19. The normalized spacial score (nSPS) is 19.9.